The zero-order valence-corrected chi connectivity index (χ0v) is 9.69. The van der Waals surface area contributed by atoms with Gasteiger partial charge in [0.1, 0.15) is 0 Å². The maximum absolute atomic E-state index is 11.6. The lowest BCUT2D eigenvalue weighted by atomic mass is 9.99. The Morgan fingerprint density at radius 1 is 1.47 bits per heavy atom. The van der Waals surface area contributed by atoms with Crippen LogP contribution in [-0.2, 0) is 9.53 Å². The molecule has 1 saturated heterocycles. The monoisotopic (exact) mass is 212 g/mol. The van der Waals surface area contributed by atoms with Crippen molar-refractivity contribution in [2.75, 3.05) is 20.7 Å². The molecule has 1 aliphatic heterocycles. The van der Waals surface area contributed by atoms with Crippen LogP contribution in [0.1, 0.15) is 19.8 Å². The summed E-state index contributed by atoms with van der Waals surface area (Å²) in [5, 5.41) is 3.56. The van der Waals surface area contributed by atoms with Crippen LogP contribution in [-0.4, -0.2) is 49.7 Å². The van der Waals surface area contributed by atoms with Gasteiger partial charge in [-0.1, -0.05) is 0 Å². The lowest BCUT2D eigenvalue weighted by molar-refractivity contribution is -0.145. The van der Waals surface area contributed by atoms with E-state index >= 15 is 0 Å². The summed E-state index contributed by atoms with van der Waals surface area (Å²) >= 11 is 0. The van der Waals surface area contributed by atoms with E-state index in [9.17, 15) is 4.79 Å². The van der Waals surface area contributed by atoms with E-state index in [1.807, 2.05) is 0 Å². The molecule has 0 aromatic rings. The number of hydrogen-bond acceptors (Lipinski definition) is 4. The molecule has 4 nitrogen and oxygen atoms in total. The predicted molar refractivity (Wildman–Crippen MR) is 57.5 cm³/mol. The second-order valence-electron chi connectivity index (χ2n) is 4.78. The standard InChI is InChI=1S/C11H20N2O2/c1-7-10(12-8-4-5-8)9(6-13(7)2)11(14)15-3/h7-10,12H,4-6H2,1-3H3. The van der Waals surface area contributed by atoms with Gasteiger partial charge in [-0.05, 0) is 26.8 Å². The van der Waals surface area contributed by atoms with Gasteiger partial charge in [-0.15, -0.1) is 0 Å². The fourth-order valence-electron chi connectivity index (χ4n) is 2.35. The Bertz CT molecular complexity index is 253. The SMILES string of the molecule is COC(=O)C1CN(C)C(C)C1NC1CC1. The molecule has 0 aromatic carbocycles. The number of rotatable bonds is 3. The molecule has 1 heterocycles. The molecule has 0 bridgehead atoms. The molecular formula is C11H20N2O2. The first-order valence-electron chi connectivity index (χ1n) is 5.67. The van der Waals surface area contributed by atoms with Crippen molar-refractivity contribution in [3.8, 4) is 0 Å². The van der Waals surface area contributed by atoms with E-state index in [-0.39, 0.29) is 17.9 Å². The zero-order valence-electron chi connectivity index (χ0n) is 9.69. The first-order chi connectivity index (χ1) is 7.13. The first-order valence-corrected chi connectivity index (χ1v) is 5.67. The minimum Gasteiger partial charge on any atom is -0.469 e. The van der Waals surface area contributed by atoms with Crippen molar-refractivity contribution < 1.29 is 9.53 Å². The number of esters is 1. The molecule has 1 aliphatic carbocycles. The van der Waals surface area contributed by atoms with Gasteiger partial charge in [-0.3, -0.25) is 4.79 Å². The Morgan fingerprint density at radius 2 is 2.13 bits per heavy atom. The van der Waals surface area contributed by atoms with E-state index in [0.29, 0.717) is 12.1 Å². The summed E-state index contributed by atoms with van der Waals surface area (Å²) in [4.78, 5) is 13.9. The van der Waals surface area contributed by atoms with Gasteiger partial charge >= 0.3 is 5.97 Å². The van der Waals surface area contributed by atoms with Gasteiger partial charge in [0.15, 0.2) is 0 Å². The van der Waals surface area contributed by atoms with Crippen LogP contribution < -0.4 is 5.32 Å². The normalized spacial score (nSPS) is 36.9. The third-order valence-electron chi connectivity index (χ3n) is 3.64. The lowest BCUT2D eigenvalue weighted by Crippen LogP contribution is -2.45. The summed E-state index contributed by atoms with van der Waals surface area (Å²) in [6, 6.07) is 1.31. The van der Waals surface area contributed by atoms with Crippen molar-refractivity contribution in [2.45, 2.75) is 37.9 Å². The van der Waals surface area contributed by atoms with Crippen LogP contribution >= 0.6 is 0 Å². The molecule has 1 saturated carbocycles. The van der Waals surface area contributed by atoms with Gasteiger partial charge < -0.3 is 15.0 Å². The van der Waals surface area contributed by atoms with Gasteiger partial charge in [-0.25, -0.2) is 0 Å². The molecule has 4 heteroatoms. The maximum Gasteiger partial charge on any atom is 0.311 e. The Balaban J connectivity index is 2.03. The third-order valence-corrected chi connectivity index (χ3v) is 3.64. The Morgan fingerprint density at radius 3 is 2.67 bits per heavy atom. The summed E-state index contributed by atoms with van der Waals surface area (Å²) in [7, 11) is 3.54. The molecule has 3 atom stereocenters. The Labute approximate surface area is 91.0 Å². The van der Waals surface area contributed by atoms with Crippen LogP contribution in [0.4, 0.5) is 0 Å². The summed E-state index contributed by atoms with van der Waals surface area (Å²) in [6.45, 7) is 2.97. The van der Waals surface area contributed by atoms with Crippen LogP contribution in [0, 0.1) is 5.92 Å². The smallest absolute Gasteiger partial charge is 0.311 e. The molecule has 3 unspecified atom stereocenters. The fourth-order valence-corrected chi connectivity index (χ4v) is 2.35. The van der Waals surface area contributed by atoms with E-state index in [1.54, 1.807) is 0 Å². The van der Waals surface area contributed by atoms with E-state index < -0.39 is 0 Å². The van der Waals surface area contributed by atoms with Gasteiger partial charge in [0.05, 0.1) is 13.0 Å². The van der Waals surface area contributed by atoms with Crippen molar-refractivity contribution in [2.24, 2.45) is 5.92 Å². The summed E-state index contributed by atoms with van der Waals surface area (Å²) in [5.74, 6) is -0.0834. The molecule has 1 N–H and O–H groups in total. The van der Waals surface area contributed by atoms with Crippen molar-refractivity contribution in [1.82, 2.24) is 10.2 Å². The van der Waals surface area contributed by atoms with Gasteiger partial charge in [0.25, 0.3) is 0 Å². The molecule has 0 spiro atoms. The number of carbonyl (C=O) groups is 1. The quantitative estimate of drug-likeness (QED) is 0.680. The second-order valence-corrected chi connectivity index (χ2v) is 4.78. The summed E-state index contributed by atoms with van der Waals surface area (Å²) in [5.41, 5.74) is 0. The van der Waals surface area contributed by atoms with Crippen LogP contribution in [0.2, 0.25) is 0 Å². The number of nitrogens with zero attached hydrogens (tertiary/aromatic N) is 1. The van der Waals surface area contributed by atoms with Crippen molar-refractivity contribution in [3.05, 3.63) is 0 Å². The molecule has 0 radical (unpaired) electrons. The highest BCUT2D eigenvalue weighted by Gasteiger charge is 2.43. The van der Waals surface area contributed by atoms with Crippen molar-refractivity contribution >= 4 is 5.97 Å². The average Bonchev–Trinajstić information content (AvgIpc) is 2.99. The minimum atomic E-state index is -0.0793. The van der Waals surface area contributed by atoms with E-state index in [2.05, 4.69) is 24.2 Å². The number of nitrogens with one attached hydrogen (secondary N) is 1. The van der Waals surface area contributed by atoms with Crippen LogP contribution in [0.5, 0.6) is 0 Å². The van der Waals surface area contributed by atoms with Gasteiger partial charge in [0, 0.05) is 24.7 Å². The van der Waals surface area contributed by atoms with E-state index in [0.717, 1.165) is 6.54 Å². The molecule has 86 valence electrons. The predicted octanol–water partition coefficient (Wildman–Crippen LogP) is 0.230. The number of carbonyl (C=O) groups excluding carboxylic acids is 1. The largest absolute Gasteiger partial charge is 0.469 e. The van der Waals surface area contributed by atoms with Crippen LogP contribution in [0.3, 0.4) is 0 Å². The number of methoxy groups -OCH3 is 1. The molecular weight excluding hydrogens is 192 g/mol. The minimum absolute atomic E-state index is 0.00407. The first kappa shape index (κ1) is 10.9. The van der Waals surface area contributed by atoms with Crippen molar-refractivity contribution in [3.63, 3.8) is 0 Å². The van der Waals surface area contributed by atoms with Crippen LogP contribution in [0.25, 0.3) is 0 Å². The number of ether oxygens (including phenoxy) is 1. The Hall–Kier alpha value is -0.610. The average molecular weight is 212 g/mol. The second kappa shape index (κ2) is 4.10. The number of likely N-dealkylation sites (N-methyl/N-ethyl adjacent to an activating group) is 1. The molecule has 0 amide bonds. The summed E-state index contributed by atoms with van der Waals surface area (Å²) in [6.07, 6.45) is 2.50. The molecule has 2 aliphatic rings. The lowest BCUT2D eigenvalue weighted by Gasteiger charge is -2.23. The number of hydrogen-bond donors (Lipinski definition) is 1. The Kier molecular flexibility index (Phi) is 2.98. The molecule has 15 heavy (non-hydrogen) atoms. The van der Waals surface area contributed by atoms with Gasteiger partial charge in [-0.2, -0.15) is 0 Å². The van der Waals surface area contributed by atoms with E-state index in [1.165, 1.54) is 20.0 Å². The number of likely N-dealkylation sites (tertiary alicyclic amines) is 1. The van der Waals surface area contributed by atoms with Crippen molar-refractivity contribution in [1.29, 1.82) is 0 Å². The van der Waals surface area contributed by atoms with Gasteiger partial charge in [0.2, 0.25) is 0 Å². The fraction of sp³-hybridized carbons (Fsp3) is 0.909. The third kappa shape index (κ3) is 2.16. The zero-order chi connectivity index (χ0) is 11.0. The highest BCUT2D eigenvalue weighted by molar-refractivity contribution is 5.74. The molecule has 0 aromatic heterocycles. The van der Waals surface area contributed by atoms with E-state index in [4.69, 9.17) is 4.74 Å². The molecule has 2 rings (SSSR count). The maximum atomic E-state index is 11.6. The highest BCUT2D eigenvalue weighted by Crippen LogP contribution is 2.28. The summed E-state index contributed by atoms with van der Waals surface area (Å²) < 4.78 is 4.86. The topological polar surface area (TPSA) is 41.6 Å². The molecule has 2 fully saturated rings. The highest BCUT2D eigenvalue weighted by atomic mass is 16.5. The van der Waals surface area contributed by atoms with Crippen LogP contribution in [0.15, 0.2) is 0 Å².